The van der Waals surface area contributed by atoms with Crippen molar-refractivity contribution in [1.29, 1.82) is 0 Å². The number of aromatic nitrogens is 2. The second kappa shape index (κ2) is 6.71. The Kier molecular flexibility index (Phi) is 4.37. The Morgan fingerprint density at radius 3 is 2.90 bits per heavy atom. The lowest BCUT2D eigenvalue weighted by atomic mass is 10.0. The second-order valence-corrected chi connectivity index (χ2v) is 9.87. The van der Waals surface area contributed by atoms with Gasteiger partial charge in [-0.15, -0.1) is 0 Å². The van der Waals surface area contributed by atoms with Crippen LogP contribution in [0.4, 0.5) is 4.79 Å². The number of fused-ring (bicyclic) bond motifs is 4. The van der Waals surface area contributed by atoms with Gasteiger partial charge >= 0.3 is 6.09 Å². The highest BCUT2D eigenvalue weighted by Crippen LogP contribution is 2.43. The zero-order valence-electron chi connectivity index (χ0n) is 16.7. The quantitative estimate of drug-likeness (QED) is 0.546. The molecule has 0 spiro atoms. The van der Waals surface area contributed by atoms with Crippen molar-refractivity contribution in [3.63, 3.8) is 0 Å². The number of rotatable bonds is 1. The monoisotopic (exact) mass is 457 g/mol. The molecule has 0 radical (unpaired) electrons. The van der Waals surface area contributed by atoms with E-state index < -0.39 is 5.60 Å². The molecule has 2 fully saturated rings. The van der Waals surface area contributed by atoms with Gasteiger partial charge in [0.1, 0.15) is 11.4 Å². The molecule has 0 unspecified atom stereocenters. The van der Waals surface area contributed by atoms with Crippen LogP contribution in [0.3, 0.4) is 0 Å². The minimum absolute atomic E-state index is 0.0377. The number of H-pyrrole nitrogens is 1. The SMILES string of the molecule is CC(C)(C)OC(=O)N1[C@H](c2nc3c(ccc4cc(Br)ccc43)[nH]2)C[C@@H]2COC[C@@H]21. The number of hydrogen-bond donors (Lipinski definition) is 1. The number of hydrogen-bond acceptors (Lipinski definition) is 4. The van der Waals surface area contributed by atoms with Crippen molar-refractivity contribution in [2.45, 2.75) is 44.9 Å². The third kappa shape index (κ3) is 3.30. The van der Waals surface area contributed by atoms with Crippen molar-refractivity contribution in [2.24, 2.45) is 5.92 Å². The highest BCUT2D eigenvalue weighted by atomic mass is 79.9. The molecule has 6 nitrogen and oxygen atoms in total. The highest BCUT2D eigenvalue weighted by molar-refractivity contribution is 9.10. The number of imidazole rings is 1. The number of nitrogens with zero attached hydrogens (tertiary/aromatic N) is 2. The summed E-state index contributed by atoms with van der Waals surface area (Å²) in [5.74, 6) is 1.13. The number of halogens is 1. The van der Waals surface area contributed by atoms with E-state index in [1.165, 1.54) is 0 Å². The van der Waals surface area contributed by atoms with E-state index >= 15 is 0 Å². The number of carbonyl (C=O) groups is 1. The van der Waals surface area contributed by atoms with Crippen LogP contribution in [0.2, 0.25) is 0 Å². The zero-order valence-corrected chi connectivity index (χ0v) is 18.3. The molecule has 5 rings (SSSR count). The van der Waals surface area contributed by atoms with Crippen LogP contribution in [0.1, 0.15) is 39.1 Å². The van der Waals surface area contributed by atoms with Crippen LogP contribution in [-0.4, -0.2) is 45.8 Å². The summed E-state index contributed by atoms with van der Waals surface area (Å²) in [6, 6.07) is 10.2. The van der Waals surface area contributed by atoms with Crippen molar-refractivity contribution >= 4 is 43.8 Å². The van der Waals surface area contributed by atoms with Crippen molar-refractivity contribution in [3.05, 3.63) is 40.6 Å². The lowest BCUT2D eigenvalue weighted by Crippen LogP contribution is -2.43. The fourth-order valence-electron chi connectivity index (χ4n) is 4.52. The van der Waals surface area contributed by atoms with Crippen molar-refractivity contribution < 1.29 is 14.3 Å². The van der Waals surface area contributed by atoms with Gasteiger partial charge in [0.15, 0.2) is 0 Å². The average molecular weight is 458 g/mol. The largest absolute Gasteiger partial charge is 0.444 e. The first kappa shape index (κ1) is 18.9. The molecule has 0 aliphatic carbocycles. The van der Waals surface area contributed by atoms with Crippen LogP contribution in [0.15, 0.2) is 34.8 Å². The van der Waals surface area contributed by atoms with Gasteiger partial charge in [-0.3, -0.25) is 4.90 Å². The van der Waals surface area contributed by atoms with Gasteiger partial charge in [0.2, 0.25) is 0 Å². The summed E-state index contributed by atoms with van der Waals surface area (Å²) in [5, 5.41) is 2.23. The van der Waals surface area contributed by atoms with Crippen LogP contribution >= 0.6 is 15.9 Å². The molecule has 0 bridgehead atoms. The summed E-state index contributed by atoms with van der Waals surface area (Å²) in [4.78, 5) is 23.3. The van der Waals surface area contributed by atoms with Crippen molar-refractivity contribution in [2.75, 3.05) is 13.2 Å². The predicted octanol–water partition coefficient (Wildman–Crippen LogP) is 5.18. The Bertz CT molecular complexity index is 1100. The molecule has 2 aliphatic rings. The first-order valence-electron chi connectivity index (χ1n) is 9.97. The third-order valence-corrected chi connectivity index (χ3v) is 6.25. The number of likely N-dealkylation sites (tertiary alicyclic amines) is 1. The van der Waals surface area contributed by atoms with Gasteiger partial charge in [0.25, 0.3) is 0 Å². The average Bonchev–Trinajstić information content (AvgIpc) is 3.32. The van der Waals surface area contributed by atoms with Gasteiger partial charge in [-0.25, -0.2) is 9.78 Å². The van der Waals surface area contributed by atoms with E-state index in [9.17, 15) is 4.79 Å². The Hall–Kier alpha value is -2.12. The van der Waals surface area contributed by atoms with Crippen molar-refractivity contribution in [1.82, 2.24) is 14.9 Å². The van der Waals surface area contributed by atoms with Gasteiger partial charge in [0, 0.05) is 15.8 Å². The number of amides is 1. The molecule has 2 aromatic carbocycles. The molecule has 1 aromatic heterocycles. The third-order valence-electron chi connectivity index (χ3n) is 5.75. The van der Waals surface area contributed by atoms with Crippen molar-refractivity contribution in [3.8, 4) is 0 Å². The minimum atomic E-state index is -0.545. The fraction of sp³-hybridized carbons (Fsp3) is 0.455. The maximum atomic E-state index is 13.1. The van der Waals surface area contributed by atoms with Gasteiger partial charge in [-0.2, -0.15) is 0 Å². The molecule has 152 valence electrons. The molecular weight excluding hydrogens is 434 g/mol. The number of benzene rings is 2. The van der Waals surface area contributed by atoms with Gasteiger partial charge in [-0.1, -0.05) is 28.1 Å². The Balaban J connectivity index is 1.56. The van der Waals surface area contributed by atoms with E-state index in [4.69, 9.17) is 14.5 Å². The topological polar surface area (TPSA) is 67.5 Å². The lowest BCUT2D eigenvalue weighted by molar-refractivity contribution is 0.00967. The molecule has 3 heterocycles. The normalized spacial score (nSPS) is 24.4. The number of carbonyl (C=O) groups excluding carboxylic acids is 1. The molecule has 1 N–H and O–H groups in total. The maximum Gasteiger partial charge on any atom is 0.411 e. The minimum Gasteiger partial charge on any atom is -0.444 e. The van der Waals surface area contributed by atoms with Crippen LogP contribution < -0.4 is 0 Å². The molecule has 1 amide bonds. The molecule has 29 heavy (non-hydrogen) atoms. The second-order valence-electron chi connectivity index (χ2n) is 8.95. The lowest BCUT2D eigenvalue weighted by Gasteiger charge is -2.31. The first-order chi connectivity index (χ1) is 13.8. The Morgan fingerprint density at radius 1 is 1.28 bits per heavy atom. The number of ether oxygens (including phenoxy) is 2. The maximum absolute atomic E-state index is 13.1. The van der Waals surface area contributed by atoms with E-state index in [0.717, 1.165) is 38.5 Å². The standard InChI is InChI=1S/C22H24BrN3O3/c1-22(2,3)29-21(27)26-17(9-13-10-28-11-18(13)26)20-24-16-7-4-12-8-14(23)5-6-15(12)19(16)25-20/h4-8,13,17-18H,9-11H2,1-3H3,(H,24,25)/t13-,17+,18+/m1/s1. The fourth-order valence-corrected chi connectivity index (χ4v) is 4.90. The van der Waals surface area contributed by atoms with Crippen LogP contribution in [0.5, 0.6) is 0 Å². The van der Waals surface area contributed by atoms with E-state index in [0.29, 0.717) is 19.1 Å². The summed E-state index contributed by atoms with van der Waals surface area (Å²) in [7, 11) is 0. The van der Waals surface area contributed by atoms with E-state index in [1.54, 1.807) is 0 Å². The zero-order chi connectivity index (χ0) is 20.3. The summed E-state index contributed by atoms with van der Waals surface area (Å²) in [6.07, 6.45) is 0.530. The van der Waals surface area contributed by atoms with Gasteiger partial charge < -0.3 is 14.5 Å². The Morgan fingerprint density at radius 2 is 2.10 bits per heavy atom. The highest BCUT2D eigenvalue weighted by Gasteiger charge is 2.49. The summed E-state index contributed by atoms with van der Waals surface area (Å²) >= 11 is 3.53. The Labute approximate surface area is 177 Å². The predicted molar refractivity (Wildman–Crippen MR) is 115 cm³/mol. The number of nitrogens with one attached hydrogen (secondary N) is 1. The van der Waals surface area contributed by atoms with E-state index in [1.807, 2.05) is 31.7 Å². The smallest absolute Gasteiger partial charge is 0.411 e. The molecule has 0 saturated carbocycles. The summed E-state index contributed by atoms with van der Waals surface area (Å²) < 4.78 is 12.4. The molecule has 3 aromatic rings. The van der Waals surface area contributed by atoms with Crippen LogP contribution in [0.25, 0.3) is 21.8 Å². The summed E-state index contributed by atoms with van der Waals surface area (Å²) in [6.45, 7) is 6.91. The number of aromatic amines is 1. The first-order valence-corrected chi connectivity index (χ1v) is 10.8. The summed E-state index contributed by atoms with van der Waals surface area (Å²) in [5.41, 5.74) is 1.37. The van der Waals surface area contributed by atoms with Gasteiger partial charge in [0.05, 0.1) is 36.3 Å². The molecule has 2 aliphatic heterocycles. The molecular formula is C22H24BrN3O3. The van der Waals surface area contributed by atoms with Crippen LogP contribution in [0, 0.1) is 5.92 Å². The van der Waals surface area contributed by atoms with E-state index in [2.05, 4.69) is 45.2 Å². The molecule has 7 heteroatoms. The van der Waals surface area contributed by atoms with E-state index in [-0.39, 0.29) is 18.2 Å². The molecule has 3 atom stereocenters. The van der Waals surface area contributed by atoms with Gasteiger partial charge in [-0.05, 0) is 50.8 Å². The van der Waals surface area contributed by atoms with Crippen LogP contribution in [-0.2, 0) is 9.47 Å². The molecule has 2 saturated heterocycles.